The van der Waals surface area contributed by atoms with E-state index in [0.29, 0.717) is 0 Å². The van der Waals surface area contributed by atoms with Crippen LogP contribution in [0.25, 0.3) is 11.1 Å². The third kappa shape index (κ3) is 5.07. The van der Waals surface area contributed by atoms with Gasteiger partial charge in [-0.05, 0) is 49.1 Å². The highest BCUT2D eigenvalue weighted by Gasteiger charge is 2.04. The molecule has 0 saturated heterocycles. The molecule has 28 heavy (non-hydrogen) atoms. The van der Waals surface area contributed by atoms with Crippen LogP contribution < -0.4 is 10.7 Å². The molecule has 1 amide bonds. The van der Waals surface area contributed by atoms with Crippen LogP contribution in [0.15, 0.2) is 77.9 Å². The third-order valence-electron chi connectivity index (χ3n) is 4.58. The average Bonchev–Trinajstić information content (AvgIpc) is 2.72. The minimum Gasteiger partial charge on any atom is -0.376 e. The largest absolute Gasteiger partial charge is 0.376 e. The normalized spacial score (nSPS) is 11.2. The van der Waals surface area contributed by atoms with Crippen molar-refractivity contribution in [3.63, 3.8) is 0 Å². The molecule has 3 rings (SSSR count). The van der Waals surface area contributed by atoms with Crippen LogP contribution in [-0.4, -0.2) is 18.2 Å². The standard InChI is InChI=1S/C24H25N3O/c1-17-9-14-23(18(2)15-17)25-16-24(28)27-26-19(3)20-10-12-22(13-11-20)21-7-5-4-6-8-21/h4-15,25H,16H2,1-3H3,(H,27,28)/b26-19-. The van der Waals surface area contributed by atoms with E-state index in [-0.39, 0.29) is 12.5 Å². The first-order chi connectivity index (χ1) is 13.5. The molecule has 0 atom stereocenters. The molecular formula is C24H25N3O. The molecule has 0 fully saturated rings. The molecule has 3 aromatic rings. The zero-order chi connectivity index (χ0) is 19.9. The van der Waals surface area contributed by atoms with E-state index >= 15 is 0 Å². The number of hydrogen-bond acceptors (Lipinski definition) is 3. The van der Waals surface area contributed by atoms with Gasteiger partial charge in [-0.25, -0.2) is 5.43 Å². The average molecular weight is 371 g/mol. The van der Waals surface area contributed by atoms with Gasteiger partial charge < -0.3 is 5.32 Å². The molecule has 0 aromatic heterocycles. The second-order valence-corrected chi connectivity index (χ2v) is 6.85. The smallest absolute Gasteiger partial charge is 0.259 e. The minimum atomic E-state index is -0.180. The van der Waals surface area contributed by atoms with Crippen LogP contribution in [0.4, 0.5) is 5.69 Å². The summed E-state index contributed by atoms with van der Waals surface area (Å²) in [5, 5.41) is 7.37. The molecule has 0 radical (unpaired) electrons. The molecule has 0 aliphatic heterocycles. The van der Waals surface area contributed by atoms with E-state index in [9.17, 15) is 4.79 Å². The number of amides is 1. The molecule has 0 saturated carbocycles. The van der Waals surface area contributed by atoms with Crippen molar-refractivity contribution in [1.29, 1.82) is 0 Å². The second kappa shape index (κ2) is 9.00. The van der Waals surface area contributed by atoms with Crippen molar-refractivity contribution in [2.24, 2.45) is 5.10 Å². The number of anilines is 1. The number of rotatable bonds is 6. The fourth-order valence-corrected chi connectivity index (χ4v) is 2.97. The topological polar surface area (TPSA) is 53.5 Å². The number of nitrogens with zero attached hydrogens (tertiary/aromatic N) is 1. The number of aryl methyl sites for hydroxylation is 2. The summed E-state index contributed by atoms with van der Waals surface area (Å²) in [6.07, 6.45) is 0. The monoisotopic (exact) mass is 371 g/mol. The predicted octanol–water partition coefficient (Wildman–Crippen LogP) is 4.92. The van der Waals surface area contributed by atoms with E-state index in [4.69, 9.17) is 0 Å². The van der Waals surface area contributed by atoms with Gasteiger partial charge in [0.25, 0.3) is 5.91 Å². The highest BCUT2D eigenvalue weighted by Crippen LogP contribution is 2.19. The summed E-state index contributed by atoms with van der Waals surface area (Å²) >= 11 is 0. The predicted molar refractivity (Wildman–Crippen MR) is 117 cm³/mol. The van der Waals surface area contributed by atoms with Gasteiger partial charge in [-0.1, -0.05) is 72.3 Å². The van der Waals surface area contributed by atoms with Crippen molar-refractivity contribution >= 4 is 17.3 Å². The van der Waals surface area contributed by atoms with Gasteiger partial charge in [-0.3, -0.25) is 4.79 Å². The van der Waals surface area contributed by atoms with E-state index in [0.717, 1.165) is 28.1 Å². The molecular weight excluding hydrogens is 346 g/mol. The number of hydrogen-bond donors (Lipinski definition) is 2. The Hall–Kier alpha value is -3.40. The zero-order valence-corrected chi connectivity index (χ0v) is 16.5. The van der Waals surface area contributed by atoms with Crippen LogP contribution in [0.5, 0.6) is 0 Å². The Bertz CT molecular complexity index is 976. The minimum absolute atomic E-state index is 0.174. The van der Waals surface area contributed by atoms with Crippen LogP contribution in [0.1, 0.15) is 23.6 Å². The van der Waals surface area contributed by atoms with Gasteiger partial charge in [0.1, 0.15) is 0 Å². The Labute approximate surface area is 166 Å². The highest BCUT2D eigenvalue weighted by atomic mass is 16.2. The van der Waals surface area contributed by atoms with E-state index in [2.05, 4.69) is 46.2 Å². The van der Waals surface area contributed by atoms with Crippen LogP contribution in [-0.2, 0) is 4.79 Å². The summed E-state index contributed by atoms with van der Waals surface area (Å²) in [6, 6.07) is 24.5. The first-order valence-corrected chi connectivity index (χ1v) is 9.33. The number of carbonyl (C=O) groups is 1. The van der Waals surface area contributed by atoms with Crippen molar-refractivity contribution < 1.29 is 4.79 Å². The van der Waals surface area contributed by atoms with E-state index in [1.165, 1.54) is 11.1 Å². The van der Waals surface area contributed by atoms with Gasteiger partial charge in [0, 0.05) is 5.69 Å². The van der Waals surface area contributed by atoms with Gasteiger partial charge in [0.2, 0.25) is 0 Å². The lowest BCUT2D eigenvalue weighted by atomic mass is 10.0. The van der Waals surface area contributed by atoms with Crippen LogP contribution in [0, 0.1) is 13.8 Å². The van der Waals surface area contributed by atoms with Crippen LogP contribution in [0.2, 0.25) is 0 Å². The first kappa shape index (κ1) is 19.4. The van der Waals surface area contributed by atoms with Crippen LogP contribution >= 0.6 is 0 Å². The van der Waals surface area contributed by atoms with Gasteiger partial charge in [0.05, 0.1) is 12.3 Å². The fraction of sp³-hybridized carbons (Fsp3) is 0.167. The Morgan fingerprint density at radius 3 is 2.25 bits per heavy atom. The molecule has 4 nitrogen and oxygen atoms in total. The maximum absolute atomic E-state index is 12.1. The van der Waals surface area contributed by atoms with Crippen molar-refractivity contribution in [3.8, 4) is 11.1 Å². The number of hydrazone groups is 1. The van der Waals surface area contributed by atoms with Gasteiger partial charge >= 0.3 is 0 Å². The maximum Gasteiger partial charge on any atom is 0.259 e. The molecule has 142 valence electrons. The van der Waals surface area contributed by atoms with Crippen LogP contribution in [0.3, 0.4) is 0 Å². The Morgan fingerprint density at radius 1 is 0.893 bits per heavy atom. The summed E-state index contributed by atoms with van der Waals surface area (Å²) in [6.45, 7) is 6.13. The molecule has 0 heterocycles. The summed E-state index contributed by atoms with van der Waals surface area (Å²) in [5.41, 5.74) is 9.95. The SMILES string of the molecule is C/C(=N/NC(=O)CNc1ccc(C)cc1C)c1ccc(-c2ccccc2)cc1. The van der Waals surface area contributed by atoms with Gasteiger partial charge in [-0.2, -0.15) is 5.10 Å². The van der Waals surface area contributed by atoms with Gasteiger partial charge in [0.15, 0.2) is 0 Å². The van der Waals surface area contributed by atoms with E-state index in [1.54, 1.807) is 0 Å². The van der Waals surface area contributed by atoms with Crippen molar-refractivity contribution in [2.75, 3.05) is 11.9 Å². The molecule has 0 aliphatic carbocycles. The fourth-order valence-electron chi connectivity index (χ4n) is 2.97. The number of nitrogens with one attached hydrogen (secondary N) is 2. The van der Waals surface area contributed by atoms with Crippen molar-refractivity contribution in [3.05, 3.63) is 89.5 Å². The summed E-state index contributed by atoms with van der Waals surface area (Å²) in [7, 11) is 0. The lowest BCUT2D eigenvalue weighted by Gasteiger charge is -2.09. The molecule has 0 bridgehead atoms. The number of carbonyl (C=O) groups excluding carboxylic acids is 1. The molecule has 2 N–H and O–H groups in total. The Kier molecular flexibility index (Phi) is 6.22. The molecule has 4 heteroatoms. The summed E-state index contributed by atoms with van der Waals surface area (Å²) < 4.78 is 0. The Balaban J connectivity index is 1.56. The van der Waals surface area contributed by atoms with E-state index in [1.807, 2.05) is 63.2 Å². The Morgan fingerprint density at radius 2 is 1.57 bits per heavy atom. The maximum atomic E-state index is 12.1. The lowest BCUT2D eigenvalue weighted by molar-refractivity contribution is -0.119. The van der Waals surface area contributed by atoms with Crippen molar-refractivity contribution in [1.82, 2.24) is 5.43 Å². The molecule has 0 aliphatic rings. The van der Waals surface area contributed by atoms with Gasteiger partial charge in [-0.15, -0.1) is 0 Å². The summed E-state index contributed by atoms with van der Waals surface area (Å²) in [4.78, 5) is 12.1. The number of benzene rings is 3. The second-order valence-electron chi connectivity index (χ2n) is 6.85. The van der Waals surface area contributed by atoms with Crippen molar-refractivity contribution in [2.45, 2.75) is 20.8 Å². The molecule has 0 unspecified atom stereocenters. The third-order valence-corrected chi connectivity index (χ3v) is 4.58. The molecule has 3 aromatic carbocycles. The highest BCUT2D eigenvalue weighted by molar-refractivity contribution is 5.99. The van der Waals surface area contributed by atoms with E-state index < -0.39 is 0 Å². The molecule has 0 spiro atoms. The lowest BCUT2D eigenvalue weighted by Crippen LogP contribution is -2.27. The summed E-state index contributed by atoms with van der Waals surface area (Å²) in [5.74, 6) is -0.180. The first-order valence-electron chi connectivity index (χ1n) is 9.33. The zero-order valence-electron chi connectivity index (χ0n) is 16.5. The quantitative estimate of drug-likeness (QED) is 0.477.